The summed E-state index contributed by atoms with van der Waals surface area (Å²) in [5, 5.41) is 0. The third kappa shape index (κ3) is 2.77. The van der Waals surface area contributed by atoms with Crippen LogP contribution in [0.25, 0.3) is 0 Å². The van der Waals surface area contributed by atoms with Crippen molar-refractivity contribution in [3.63, 3.8) is 0 Å². The average molecular weight is 324 g/mol. The predicted molar refractivity (Wildman–Crippen MR) is 91.3 cm³/mol. The Hall–Kier alpha value is -2.69. The highest BCUT2D eigenvalue weighted by atomic mass is 16.5. The molecule has 1 aromatic heterocycles. The van der Waals surface area contributed by atoms with E-state index >= 15 is 0 Å². The molecule has 0 spiro atoms. The monoisotopic (exact) mass is 324 g/mol. The molecule has 0 bridgehead atoms. The molecule has 2 heterocycles. The molecular formula is C19H20N2O3. The van der Waals surface area contributed by atoms with Crippen LogP contribution in [0.5, 0.6) is 0 Å². The molecule has 0 aliphatic carbocycles. The highest BCUT2D eigenvalue weighted by Crippen LogP contribution is 2.40. The minimum Gasteiger partial charge on any atom is -0.464 e. The van der Waals surface area contributed by atoms with Crippen LogP contribution in [0.2, 0.25) is 0 Å². The fraction of sp³-hybridized carbons (Fsp3) is 0.316. The van der Waals surface area contributed by atoms with E-state index in [1.165, 1.54) is 24.9 Å². The first-order valence-electron chi connectivity index (χ1n) is 7.98. The van der Waals surface area contributed by atoms with Gasteiger partial charge in [0, 0.05) is 24.3 Å². The van der Waals surface area contributed by atoms with Crippen molar-refractivity contribution in [3.05, 3.63) is 59.4 Å². The number of carbonyl (C=O) groups is 2. The van der Waals surface area contributed by atoms with E-state index in [-0.39, 0.29) is 11.6 Å². The second kappa shape index (κ2) is 6.43. The summed E-state index contributed by atoms with van der Waals surface area (Å²) in [5.41, 5.74) is 2.82. The summed E-state index contributed by atoms with van der Waals surface area (Å²) >= 11 is 0. The van der Waals surface area contributed by atoms with Crippen molar-refractivity contribution < 1.29 is 14.3 Å². The van der Waals surface area contributed by atoms with Gasteiger partial charge in [0.1, 0.15) is 5.69 Å². The van der Waals surface area contributed by atoms with E-state index in [1.807, 2.05) is 18.2 Å². The molecule has 0 N–H and O–H groups in total. The van der Waals surface area contributed by atoms with Crippen LogP contribution in [-0.4, -0.2) is 30.5 Å². The highest BCUT2D eigenvalue weighted by Gasteiger charge is 2.34. The predicted octanol–water partition coefficient (Wildman–Crippen LogP) is 3.27. The van der Waals surface area contributed by atoms with E-state index in [2.05, 4.69) is 29.6 Å². The minimum atomic E-state index is -0.514. The standard InChI is InChI=1S/C19H20N2O3/c1-12(2)15-11-21(17-7-5-4-6-14(15)17)18(22)13-8-9-16(20-10-13)19(23)24-3/h4-10,12,15H,11H2,1-3H3/t15-/m0/s1. The number of pyridine rings is 1. The maximum absolute atomic E-state index is 12.9. The maximum Gasteiger partial charge on any atom is 0.356 e. The number of benzene rings is 1. The lowest BCUT2D eigenvalue weighted by Gasteiger charge is -2.19. The topological polar surface area (TPSA) is 59.5 Å². The smallest absolute Gasteiger partial charge is 0.356 e. The van der Waals surface area contributed by atoms with E-state index in [4.69, 9.17) is 0 Å². The molecule has 5 nitrogen and oxygen atoms in total. The fourth-order valence-electron chi connectivity index (χ4n) is 3.10. The van der Waals surface area contributed by atoms with Crippen molar-refractivity contribution in [2.45, 2.75) is 19.8 Å². The number of fused-ring (bicyclic) bond motifs is 1. The number of para-hydroxylation sites is 1. The van der Waals surface area contributed by atoms with Crippen molar-refractivity contribution in [2.75, 3.05) is 18.6 Å². The van der Waals surface area contributed by atoms with Crippen LogP contribution in [0, 0.1) is 5.92 Å². The van der Waals surface area contributed by atoms with E-state index < -0.39 is 5.97 Å². The van der Waals surface area contributed by atoms with Gasteiger partial charge in [0.25, 0.3) is 5.91 Å². The second-order valence-electron chi connectivity index (χ2n) is 6.25. The van der Waals surface area contributed by atoms with Gasteiger partial charge in [-0.1, -0.05) is 32.0 Å². The van der Waals surface area contributed by atoms with Crippen LogP contribution in [0.4, 0.5) is 5.69 Å². The minimum absolute atomic E-state index is 0.102. The van der Waals surface area contributed by atoms with E-state index in [0.29, 0.717) is 23.9 Å². The van der Waals surface area contributed by atoms with E-state index in [0.717, 1.165) is 5.69 Å². The van der Waals surface area contributed by atoms with Crippen molar-refractivity contribution in [2.24, 2.45) is 5.92 Å². The zero-order chi connectivity index (χ0) is 17.3. The molecule has 24 heavy (non-hydrogen) atoms. The zero-order valence-corrected chi connectivity index (χ0v) is 14.0. The SMILES string of the molecule is COC(=O)c1ccc(C(=O)N2C[C@@H](C(C)C)c3ccccc32)cn1. The van der Waals surface area contributed by atoms with Crippen molar-refractivity contribution >= 4 is 17.6 Å². The van der Waals surface area contributed by atoms with Crippen molar-refractivity contribution in [1.82, 2.24) is 4.98 Å². The number of amides is 1. The van der Waals surface area contributed by atoms with Crippen LogP contribution < -0.4 is 4.90 Å². The van der Waals surface area contributed by atoms with Gasteiger partial charge in [0.05, 0.1) is 12.7 Å². The summed E-state index contributed by atoms with van der Waals surface area (Å²) in [5.74, 6) is 0.158. The Morgan fingerprint density at radius 2 is 1.96 bits per heavy atom. The molecule has 0 saturated heterocycles. The quantitative estimate of drug-likeness (QED) is 0.813. The Labute approximate surface area is 141 Å². The normalized spacial score (nSPS) is 16.2. The van der Waals surface area contributed by atoms with E-state index in [1.54, 1.807) is 11.0 Å². The number of rotatable bonds is 3. The summed E-state index contributed by atoms with van der Waals surface area (Å²) in [6.07, 6.45) is 1.43. The highest BCUT2D eigenvalue weighted by molar-refractivity contribution is 6.07. The number of hydrogen-bond acceptors (Lipinski definition) is 4. The Bertz CT molecular complexity index is 768. The second-order valence-corrected chi connectivity index (χ2v) is 6.25. The van der Waals surface area contributed by atoms with Crippen molar-refractivity contribution in [1.29, 1.82) is 0 Å². The summed E-state index contributed by atoms with van der Waals surface area (Å²) in [6, 6.07) is 11.2. The van der Waals surface area contributed by atoms with Crippen LogP contribution in [0.1, 0.15) is 46.2 Å². The molecule has 1 amide bonds. The molecule has 0 fully saturated rings. The zero-order valence-electron chi connectivity index (χ0n) is 14.0. The molecule has 2 aromatic rings. The number of ether oxygens (including phenoxy) is 1. The van der Waals surface area contributed by atoms with Crippen molar-refractivity contribution in [3.8, 4) is 0 Å². The lowest BCUT2D eigenvalue weighted by atomic mass is 9.90. The molecule has 0 unspecified atom stereocenters. The Balaban J connectivity index is 1.89. The van der Waals surface area contributed by atoms with Gasteiger partial charge in [-0.2, -0.15) is 0 Å². The molecule has 124 valence electrons. The molecule has 3 rings (SSSR count). The molecule has 0 saturated carbocycles. The summed E-state index contributed by atoms with van der Waals surface area (Å²) in [6.45, 7) is 5.00. The molecule has 1 aliphatic heterocycles. The van der Waals surface area contributed by atoms with Crippen LogP contribution in [0.15, 0.2) is 42.6 Å². The van der Waals surface area contributed by atoms with Gasteiger partial charge in [-0.25, -0.2) is 9.78 Å². The number of methoxy groups -OCH3 is 1. The Morgan fingerprint density at radius 3 is 2.58 bits per heavy atom. The van der Waals surface area contributed by atoms with Crippen LogP contribution in [0.3, 0.4) is 0 Å². The fourth-order valence-corrected chi connectivity index (χ4v) is 3.10. The molecule has 0 radical (unpaired) electrons. The molecular weight excluding hydrogens is 304 g/mol. The Morgan fingerprint density at radius 1 is 1.21 bits per heavy atom. The third-order valence-electron chi connectivity index (χ3n) is 4.46. The van der Waals surface area contributed by atoms with Crippen LogP contribution >= 0.6 is 0 Å². The number of carbonyl (C=O) groups excluding carboxylic acids is 2. The van der Waals surface area contributed by atoms with Gasteiger partial charge in [-0.15, -0.1) is 0 Å². The number of anilines is 1. The van der Waals surface area contributed by atoms with Gasteiger partial charge >= 0.3 is 5.97 Å². The lowest BCUT2D eigenvalue weighted by molar-refractivity contribution is 0.0593. The van der Waals surface area contributed by atoms with Gasteiger partial charge in [-0.3, -0.25) is 4.79 Å². The third-order valence-corrected chi connectivity index (χ3v) is 4.46. The largest absolute Gasteiger partial charge is 0.464 e. The number of hydrogen-bond donors (Lipinski definition) is 0. The molecule has 5 heteroatoms. The summed E-state index contributed by atoms with van der Waals surface area (Å²) in [7, 11) is 1.30. The average Bonchev–Trinajstić information content (AvgIpc) is 3.00. The molecule has 1 aliphatic rings. The Kier molecular flexibility index (Phi) is 4.34. The molecule has 1 atom stereocenters. The summed E-state index contributed by atoms with van der Waals surface area (Å²) < 4.78 is 4.63. The first kappa shape index (κ1) is 16.2. The van der Waals surface area contributed by atoms with Crippen LogP contribution in [-0.2, 0) is 4.74 Å². The van der Waals surface area contributed by atoms with Gasteiger partial charge in [0.2, 0.25) is 0 Å². The van der Waals surface area contributed by atoms with Gasteiger partial charge in [-0.05, 0) is 29.7 Å². The number of esters is 1. The van der Waals surface area contributed by atoms with Gasteiger partial charge in [0.15, 0.2) is 0 Å². The first-order chi connectivity index (χ1) is 11.5. The number of aromatic nitrogens is 1. The number of nitrogens with zero attached hydrogens (tertiary/aromatic N) is 2. The first-order valence-corrected chi connectivity index (χ1v) is 7.98. The van der Waals surface area contributed by atoms with E-state index in [9.17, 15) is 9.59 Å². The van der Waals surface area contributed by atoms with Gasteiger partial charge < -0.3 is 9.64 Å². The lowest BCUT2D eigenvalue weighted by Crippen LogP contribution is -2.30. The maximum atomic E-state index is 12.9. The molecule has 1 aromatic carbocycles. The summed E-state index contributed by atoms with van der Waals surface area (Å²) in [4.78, 5) is 30.2.